The Morgan fingerprint density at radius 3 is 2.25 bits per heavy atom. The molecule has 0 unspecified atom stereocenters. The Morgan fingerprint density at radius 2 is 1.94 bits per heavy atom. The molecule has 0 aromatic heterocycles. The monoisotopic (exact) mass is 229 g/mol. The van der Waals surface area contributed by atoms with E-state index in [9.17, 15) is 9.90 Å². The van der Waals surface area contributed by atoms with Crippen LogP contribution in [0, 0.1) is 5.92 Å². The third-order valence-corrected chi connectivity index (χ3v) is 2.01. The summed E-state index contributed by atoms with van der Waals surface area (Å²) in [6.45, 7) is 12.7. The predicted molar refractivity (Wildman–Crippen MR) is 64.2 cm³/mol. The molecule has 0 aliphatic heterocycles. The Kier molecular flexibility index (Phi) is 5.51. The number of aliphatic hydroxyl groups excluding tert-OH is 1. The van der Waals surface area contributed by atoms with Crippen LogP contribution in [0.3, 0.4) is 0 Å². The molecule has 0 heterocycles. The largest absolute Gasteiger partial charge is 0.444 e. The first-order chi connectivity index (χ1) is 7.17. The van der Waals surface area contributed by atoms with Crippen LogP contribution in [0.2, 0.25) is 0 Å². The highest BCUT2D eigenvalue weighted by atomic mass is 16.6. The Morgan fingerprint density at radius 1 is 1.44 bits per heavy atom. The molecule has 0 aliphatic carbocycles. The Balaban J connectivity index is 4.41. The lowest BCUT2D eigenvalue weighted by atomic mass is 9.99. The molecule has 94 valence electrons. The highest BCUT2D eigenvalue weighted by molar-refractivity contribution is 5.68. The zero-order valence-electron chi connectivity index (χ0n) is 10.8. The number of nitrogens with one attached hydrogen (secondary N) is 1. The summed E-state index contributed by atoms with van der Waals surface area (Å²) < 4.78 is 5.12. The van der Waals surface area contributed by atoms with Gasteiger partial charge in [0.15, 0.2) is 0 Å². The van der Waals surface area contributed by atoms with E-state index in [0.717, 1.165) is 0 Å². The molecule has 0 rings (SSSR count). The second kappa shape index (κ2) is 5.89. The lowest BCUT2D eigenvalue weighted by Crippen LogP contribution is -2.47. The molecule has 16 heavy (non-hydrogen) atoms. The van der Waals surface area contributed by atoms with Crippen LogP contribution in [0.1, 0.15) is 34.6 Å². The number of carbonyl (C=O) groups excluding carboxylic acids is 1. The van der Waals surface area contributed by atoms with Crippen molar-refractivity contribution in [2.45, 2.75) is 52.4 Å². The molecule has 0 aromatic carbocycles. The van der Waals surface area contributed by atoms with Gasteiger partial charge in [0.25, 0.3) is 0 Å². The van der Waals surface area contributed by atoms with E-state index in [0.29, 0.717) is 0 Å². The van der Waals surface area contributed by atoms with Gasteiger partial charge in [-0.15, -0.1) is 6.58 Å². The number of alkyl carbamates (subject to hydrolysis) is 1. The minimum atomic E-state index is -0.771. The number of rotatable bonds is 4. The minimum absolute atomic E-state index is 0.0977. The van der Waals surface area contributed by atoms with Crippen molar-refractivity contribution in [3.8, 4) is 0 Å². The van der Waals surface area contributed by atoms with Crippen molar-refractivity contribution >= 4 is 6.09 Å². The molecule has 0 bridgehead atoms. The number of hydrogen-bond donors (Lipinski definition) is 2. The summed E-state index contributed by atoms with van der Waals surface area (Å²) in [6, 6.07) is -0.382. The van der Waals surface area contributed by atoms with Gasteiger partial charge >= 0.3 is 6.09 Å². The van der Waals surface area contributed by atoms with Crippen LogP contribution < -0.4 is 5.32 Å². The molecule has 0 saturated carbocycles. The van der Waals surface area contributed by atoms with Crippen molar-refractivity contribution in [2.24, 2.45) is 5.92 Å². The van der Waals surface area contributed by atoms with E-state index in [1.165, 1.54) is 6.08 Å². The van der Waals surface area contributed by atoms with E-state index in [4.69, 9.17) is 4.74 Å². The Labute approximate surface area is 97.7 Å². The summed E-state index contributed by atoms with van der Waals surface area (Å²) in [6.07, 6.45) is 0.113. The zero-order chi connectivity index (χ0) is 12.9. The summed E-state index contributed by atoms with van der Waals surface area (Å²) in [7, 11) is 0. The normalized spacial score (nSPS) is 15.4. The van der Waals surface area contributed by atoms with Crippen molar-refractivity contribution in [1.82, 2.24) is 5.32 Å². The summed E-state index contributed by atoms with van der Waals surface area (Å²) in [5.74, 6) is 0.0977. The third-order valence-electron chi connectivity index (χ3n) is 2.01. The quantitative estimate of drug-likeness (QED) is 0.726. The number of ether oxygens (including phenoxy) is 1. The van der Waals surface area contributed by atoms with Crippen molar-refractivity contribution < 1.29 is 14.6 Å². The maximum atomic E-state index is 11.5. The van der Waals surface area contributed by atoms with Gasteiger partial charge in [0, 0.05) is 0 Å². The topological polar surface area (TPSA) is 58.6 Å². The Hall–Kier alpha value is -1.03. The van der Waals surface area contributed by atoms with Crippen molar-refractivity contribution in [3.05, 3.63) is 12.7 Å². The second-order valence-electron chi connectivity index (χ2n) is 5.14. The van der Waals surface area contributed by atoms with Crippen LogP contribution in [-0.4, -0.2) is 28.9 Å². The molecule has 2 atom stereocenters. The highest BCUT2D eigenvalue weighted by Gasteiger charge is 2.25. The average Bonchev–Trinajstić information content (AvgIpc) is 2.09. The van der Waals surface area contributed by atoms with Crippen LogP contribution in [0.25, 0.3) is 0 Å². The van der Waals surface area contributed by atoms with Gasteiger partial charge in [-0.25, -0.2) is 4.79 Å². The van der Waals surface area contributed by atoms with E-state index in [2.05, 4.69) is 11.9 Å². The number of amides is 1. The first kappa shape index (κ1) is 15.0. The predicted octanol–water partition coefficient (Wildman–Crippen LogP) is 2.08. The van der Waals surface area contributed by atoms with Crippen LogP contribution in [0.5, 0.6) is 0 Å². The lowest BCUT2D eigenvalue weighted by molar-refractivity contribution is 0.0423. The van der Waals surface area contributed by atoms with E-state index < -0.39 is 17.8 Å². The van der Waals surface area contributed by atoms with Gasteiger partial charge in [-0.3, -0.25) is 0 Å². The zero-order valence-corrected chi connectivity index (χ0v) is 10.8. The van der Waals surface area contributed by atoms with E-state index in [-0.39, 0.29) is 12.0 Å². The molecule has 2 N–H and O–H groups in total. The third kappa shape index (κ3) is 5.75. The minimum Gasteiger partial charge on any atom is -0.444 e. The number of aliphatic hydroxyl groups is 1. The summed E-state index contributed by atoms with van der Waals surface area (Å²) in [5, 5.41) is 12.3. The molecule has 4 nitrogen and oxygen atoms in total. The van der Waals surface area contributed by atoms with E-state index in [1.807, 2.05) is 13.8 Å². The van der Waals surface area contributed by atoms with Gasteiger partial charge in [-0.05, 0) is 26.7 Å². The van der Waals surface area contributed by atoms with E-state index >= 15 is 0 Å². The van der Waals surface area contributed by atoms with Gasteiger partial charge in [-0.1, -0.05) is 19.9 Å². The van der Waals surface area contributed by atoms with Gasteiger partial charge < -0.3 is 15.2 Å². The van der Waals surface area contributed by atoms with Crippen LogP contribution in [0.4, 0.5) is 4.79 Å². The highest BCUT2D eigenvalue weighted by Crippen LogP contribution is 2.11. The van der Waals surface area contributed by atoms with Crippen LogP contribution >= 0.6 is 0 Å². The van der Waals surface area contributed by atoms with Gasteiger partial charge in [0.1, 0.15) is 5.60 Å². The SMILES string of the molecule is C=C[C@@H](O)[C@@H](NC(=O)OC(C)(C)C)C(C)C. The second-order valence-corrected chi connectivity index (χ2v) is 5.14. The maximum absolute atomic E-state index is 11.5. The molecule has 0 saturated heterocycles. The fraction of sp³-hybridized carbons (Fsp3) is 0.750. The molecule has 0 aliphatic rings. The lowest BCUT2D eigenvalue weighted by Gasteiger charge is -2.27. The summed E-state index contributed by atoms with van der Waals surface area (Å²) >= 11 is 0. The van der Waals surface area contributed by atoms with Crippen molar-refractivity contribution in [1.29, 1.82) is 0 Å². The molecular weight excluding hydrogens is 206 g/mol. The molecule has 0 aromatic rings. The first-order valence-electron chi connectivity index (χ1n) is 5.47. The fourth-order valence-corrected chi connectivity index (χ4v) is 1.24. The molecule has 4 heteroatoms. The van der Waals surface area contributed by atoms with Crippen molar-refractivity contribution in [2.75, 3.05) is 0 Å². The Bertz CT molecular complexity index is 243. The van der Waals surface area contributed by atoms with Crippen molar-refractivity contribution in [3.63, 3.8) is 0 Å². The van der Waals surface area contributed by atoms with Crippen LogP contribution in [0.15, 0.2) is 12.7 Å². The maximum Gasteiger partial charge on any atom is 0.407 e. The average molecular weight is 229 g/mol. The number of hydrogen-bond acceptors (Lipinski definition) is 3. The van der Waals surface area contributed by atoms with Crippen LogP contribution in [-0.2, 0) is 4.74 Å². The summed E-state index contributed by atoms with van der Waals surface area (Å²) in [5.41, 5.74) is -0.537. The molecule has 0 spiro atoms. The molecule has 1 amide bonds. The summed E-state index contributed by atoms with van der Waals surface area (Å²) in [4.78, 5) is 11.5. The molecule has 0 radical (unpaired) electrons. The molecular formula is C12H23NO3. The van der Waals surface area contributed by atoms with Gasteiger partial charge in [-0.2, -0.15) is 0 Å². The first-order valence-corrected chi connectivity index (χ1v) is 5.47. The standard InChI is InChI=1S/C12H23NO3/c1-7-9(14)10(8(2)3)13-11(15)16-12(4,5)6/h7-10,14H,1H2,2-6H3,(H,13,15)/t9-,10+/m1/s1. The fourth-order valence-electron chi connectivity index (χ4n) is 1.24. The smallest absolute Gasteiger partial charge is 0.407 e. The number of carbonyl (C=O) groups is 1. The van der Waals surface area contributed by atoms with E-state index in [1.54, 1.807) is 20.8 Å². The van der Waals surface area contributed by atoms with Gasteiger partial charge in [0.05, 0.1) is 12.1 Å². The van der Waals surface area contributed by atoms with Gasteiger partial charge in [0.2, 0.25) is 0 Å². The molecule has 0 fully saturated rings.